The quantitative estimate of drug-likeness (QED) is 0.706. The molecule has 2 aliphatic carbocycles. The molecule has 0 N–H and O–H groups in total. The van der Waals surface area contributed by atoms with Crippen LogP contribution in [0.15, 0.2) is 47.4 Å². The third kappa shape index (κ3) is 4.06. The number of aryl methyl sites for hydroxylation is 2. The van der Waals surface area contributed by atoms with Gasteiger partial charge in [0.15, 0.2) is 0 Å². The van der Waals surface area contributed by atoms with Crippen molar-refractivity contribution in [3.05, 3.63) is 65.0 Å². The maximum atomic E-state index is 13.1. The van der Waals surface area contributed by atoms with E-state index < -0.39 is 0 Å². The first kappa shape index (κ1) is 16.6. The molecular weight excluding hydrogens is 333 g/mol. The van der Waals surface area contributed by atoms with E-state index >= 15 is 0 Å². The summed E-state index contributed by atoms with van der Waals surface area (Å²) in [6, 6.07) is 13.4. The second kappa shape index (κ2) is 7.20. The molecule has 0 heterocycles. The van der Waals surface area contributed by atoms with Gasteiger partial charge in [-0.1, -0.05) is 18.2 Å². The molecule has 1 amide bonds. The van der Waals surface area contributed by atoms with E-state index in [1.165, 1.54) is 41.0 Å². The van der Waals surface area contributed by atoms with Gasteiger partial charge in [-0.3, -0.25) is 4.79 Å². The third-order valence-corrected chi connectivity index (χ3v) is 5.98. The highest BCUT2D eigenvalue weighted by Gasteiger charge is 2.32. The van der Waals surface area contributed by atoms with Gasteiger partial charge in [0, 0.05) is 17.5 Å². The van der Waals surface area contributed by atoms with E-state index in [1.54, 1.807) is 23.9 Å². The largest absolute Gasteiger partial charge is 0.335 e. The summed E-state index contributed by atoms with van der Waals surface area (Å²) in [7, 11) is 0. The Bertz CT molecular complexity index is 770. The number of hydrogen-bond acceptors (Lipinski definition) is 2. The highest BCUT2D eigenvalue weighted by molar-refractivity contribution is 8.00. The lowest BCUT2D eigenvalue weighted by Gasteiger charge is -2.22. The molecule has 2 aliphatic rings. The van der Waals surface area contributed by atoms with Gasteiger partial charge in [0.2, 0.25) is 5.91 Å². The predicted molar refractivity (Wildman–Crippen MR) is 99.2 cm³/mol. The van der Waals surface area contributed by atoms with Gasteiger partial charge in [0.1, 0.15) is 5.82 Å². The van der Waals surface area contributed by atoms with Gasteiger partial charge in [-0.15, -0.1) is 11.8 Å². The van der Waals surface area contributed by atoms with Crippen LogP contribution in [0.2, 0.25) is 0 Å². The molecule has 0 spiro atoms. The van der Waals surface area contributed by atoms with E-state index in [-0.39, 0.29) is 11.7 Å². The monoisotopic (exact) mass is 355 g/mol. The fourth-order valence-electron chi connectivity index (χ4n) is 3.46. The Balaban J connectivity index is 1.38. The minimum absolute atomic E-state index is 0.178. The van der Waals surface area contributed by atoms with Gasteiger partial charge < -0.3 is 4.90 Å². The smallest absolute Gasteiger partial charge is 0.233 e. The van der Waals surface area contributed by atoms with Crippen molar-refractivity contribution in [2.75, 3.05) is 5.75 Å². The summed E-state index contributed by atoms with van der Waals surface area (Å²) in [5.74, 6) is 0.411. The molecular formula is C21H22FNOS. The van der Waals surface area contributed by atoms with Crippen LogP contribution in [0.3, 0.4) is 0 Å². The number of amides is 1. The zero-order valence-electron chi connectivity index (χ0n) is 14.2. The highest BCUT2D eigenvalue weighted by Crippen LogP contribution is 2.31. The molecule has 2 aromatic carbocycles. The SMILES string of the molecule is O=C(CSc1ccc2c(c1)CCC2)N(Cc1ccc(F)cc1)C1CC1. The van der Waals surface area contributed by atoms with Crippen LogP contribution in [-0.2, 0) is 24.2 Å². The molecule has 1 saturated carbocycles. The molecule has 0 bridgehead atoms. The Morgan fingerprint density at radius 2 is 1.84 bits per heavy atom. The fourth-order valence-corrected chi connectivity index (χ4v) is 4.31. The van der Waals surface area contributed by atoms with E-state index in [4.69, 9.17) is 0 Å². The van der Waals surface area contributed by atoms with Crippen LogP contribution in [0.25, 0.3) is 0 Å². The number of thioether (sulfide) groups is 1. The van der Waals surface area contributed by atoms with Crippen LogP contribution in [-0.4, -0.2) is 22.6 Å². The normalized spacial score (nSPS) is 15.9. The lowest BCUT2D eigenvalue weighted by atomic mass is 10.1. The predicted octanol–water partition coefficient (Wildman–Crippen LogP) is 4.60. The zero-order valence-corrected chi connectivity index (χ0v) is 15.0. The number of benzene rings is 2. The molecule has 0 aliphatic heterocycles. The first-order chi connectivity index (χ1) is 12.2. The number of rotatable bonds is 6. The number of carbonyl (C=O) groups excluding carboxylic acids is 1. The summed E-state index contributed by atoms with van der Waals surface area (Å²) >= 11 is 1.63. The first-order valence-corrected chi connectivity index (χ1v) is 9.96. The summed E-state index contributed by atoms with van der Waals surface area (Å²) in [6.07, 6.45) is 5.76. The van der Waals surface area contributed by atoms with Crippen molar-refractivity contribution < 1.29 is 9.18 Å². The third-order valence-electron chi connectivity index (χ3n) is 5.01. The van der Waals surface area contributed by atoms with Crippen molar-refractivity contribution in [1.82, 2.24) is 4.90 Å². The number of fused-ring (bicyclic) bond motifs is 1. The first-order valence-electron chi connectivity index (χ1n) is 8.97. The second-order valence-corrected chi connectivity index (χ2v) is 8.00. The van der Waals surface area contributed by atoms with Crippen LogP contribution < -0.4 is 0 Å². The lowest BCUT2D eigenvalue weighted by molar-refractivity contribution is -0.129. The van der Waals surface area contributed by atoms with Crippen LogP contribution in [0.1, 0.15) is 36.0 Å². The molecule has 0 saturated heterocycles. The average Bonchev–Trinajstić information content (AvgIpc) is 3.36. The second-order valence-electron chi connectivity index (χ2n) is 6.95. The van der Waals surface area contributed by atoms with E-state index in [9.17, 15) is 9.18 Å². The van der Waals surface area contributed by atoms with Crippen LogP contribution >= 0.6 is 11.8 Å². The molecule has 0 radical (unpaired) electrons. The van der Waals surface area contributed by atoms with Crippen molar-refractivity contribution in [2.45, 2.75) is 49.6 Å². The maximum Gasteiger partial charge on any atom is 0.233 e. The van der Waals surface area contributed by atoms with Gasteiger partial charge in [-0.2, -0.15) is 0 Å². The molecule has 4 heteroatoms. The maximum absolute atomic E-state index is 13.1. The summed E-state index contributed by atoms with van der Waals surface area (Å²) in [5, 5.41) is 0. The van der Waals surface area contributed by atoms with Crippen molar-refractivity contribution in [3.63, 3.8) is 0 Å². The summed E-state index contributed by atoms with van der Waals surface area (Å²) in [4.78, 5) is 15.9. The molecule has 0 unspecified atom stereocenters. The molecule has 0 atom stereocenters. The van der Waals surface area contributed by atoms with E-state index in [0.29, 0.717) is 18.3 Å². The Kier molecular flexibility index (Phi) is 4.80. The number of nitrogens with zero attached hydrogens (tertiary/aromatic N) is 1. The zero-order chi connectivity index (χ0) is 17.2. The van der Waals surface area contributed by atoms with Crippen LogP contribution in [0.5, 0.6) is 0 Å². The van der Waals surface area contributed by atoms with Gasteiger partial charge in [0.05, 0.1) is 5.75 Å². The van der Waals surface area contributed by atoms with Gasteiger partial charge in [-0.25, -0.2) is 4.39 Å². The molecule has 130 valence electrons. The molecule has 0 aromatic heterocycles. The molecule has 2 nitrogen and oxygen atoms in total. The lowest BCUT2D eigenvalue weighted by Crippen LogP contribution is -2.33. The standard InChI is InChI=1S/C21H22FNOS/c22-18-7-4-15(5-8-18)13-23(19-9-10-19)21(24)14-25-20-11-6-16-2-1-3-17(16)12-20/h4-8,11-12,19H,1-3,9-10,13-14H2. The Morgan fingerprint density at radius 1 is 1.08 bits per heavy atom. The molecule has 25 heavy (non-hydrogen) atoms. The number of carbonyl (C=O) groups is 1. The van der Waals surface area contributed by atoms with Gasteiger partial charge in [-0.05, 0) is 73.1 Å². The van der Waals surface area contributed by atoms with Crippen LogP contribution in [0, 0.1) is 5.82 Å². The summed E-state index contributed by atoms with van der Waals surface area (Å²) in [6.45, 7) is 0.578. The van der Waals surface area contributed by atoms with Crippen LogP contribution in [0.4, 0.5) is 4.39 Å². The Morgan fingerprint density at radius 3 is 2.60 bits per heavy atom. The van der Waals surface area contributed by atoms with Crippen molar-refractivity contribution in [1.29, 1.82) is 0 Å². The minimum Gasteiger partial charge on any atom is -0.335 e. The molecule has 1 fully saturated rings. The average molecular weight is 355 g/mol. The Labute approximate surface area is 152 Å². The topological polar surface area (TPSA) is 20.3 Å². The number of halogens is 1. The summed E-state index contributed by atoms with van der Waals surface area (Å²) in [5.41, 5.74) is 3.90. The van der Waals surface area contributed by atoms with Crippen molar-refractivity contribution >= 4 is 17.7 Å². The number of hydrogen-bond donors (Lipinski definition) is 0. The van der Waals surface area contributed by atoms with E-state index in [2.05, 4.69) is 18.2 Å². The van der Waals surface area contributed by atoms with Crippen molar-refractivity contribution in [3.8, 4) is 0 Å². The summed E-state index contributed by atoms with van der Waals surface area (Å²) < 4.78 is 13.1. The Hall–Kier alpha value is -1.81. The molecule has 2 aromatic rings. The van der Waals surface area contributed by atoms with Gasteiger partial charge in [0.25, 0.3) is 0 Å². The van der Waals surface area contributed by atoms with Crippen molar-refractivity contribution in [2.24, 2.45) is 0 Å². The van der Waals surface area contributed by atoms with E-state index in [0.717, 1.165) is 24.8 Å². The van der Waals surface area contributed by atoms with E-state index in [1.807, 2.05) is 4.90 Å². The highest BCUT2D eigenvalue weighted by atomic mass is 32.2. The molecule has 4 rings (SSSR count). The van der Waals surface area contributed by atoms with Gasteiger partial charge >= 0.3 is 0 Å². The fraction of sp³-hybridized carbons (Fsp3) is 0.381. The minimum atomic E-state index is -0.236.